The summed E-state index contributed by atoms with van der Waals surface area (Å²) in [7, 11) is 3.50. The van der Waals surface area contributed by atoms with Crippen molar-refractivity contribution in [1.29, 1.82) is 0 Å². The van der Waals surface area contributed by atoms with Crippen LogP contribution in [0.4, 0.5) is 5.95 Å². The van der Waals surface area contributed by atoms with Crippen molar-refractivity contribution < 1.29 is 9.53 Å². The lowest BCUT2D eigenvalue weighted by Gasteiger charge is -2.33. The zero-order valence-corrected chi connectivity index (χ0v) is 13.8. The molecule has 1 aliphatic rings. The molecule has 1 saturated heterocycles. The van der Waals surface area contributed by atoms with Crippen LogP contribution in [0.15, 0.2) is 24.3 Å². The van der Waals surface area contributed by atoms with E-state index in [4.69, 9.17) is 4.74 Å². The SMILES string of the molecule is COCCN(C)C(=O)[C@@H]1CCCN(c2nc3ccccc3[nH]2)C1. The Hall–Kier alpha value is -2.08. The summed E-state index contributed by atoms with van der Waals surface area (Å²) in [6.07, 6.45) is 1.94. The van der Waals surface area contributed by atoms with E-state index in [1.807, 2.05) is 31.3 Å². The number of imidazole rings is 1. The molecule has 2 heterocycles. The van der Waals surface area contributed by atoms with Crippen molar-refractivity contribution in [2.75, 3.05) is 45.3 Å². The van der Waals surface area contributed by atoms with Crippen LogP contribution in [-0.4, -0.2) is 61.2 Å². The molecule has 1 aromatic carbocycles. The number of anilines is 1. The van der Waals surface area contributed by atoms with Crippen LogP contribution in [0.2, 0.25) is 0 Å². The molecule has 1 fully saturated rings. The number of ether oxygens (including phenoxy) is 1. The number of nitrogens with zero attached hydrogens (tertiary/aromatic N) is 3. The smallest absolute Gasteiger partial charge is 0.227 e. The van der Waals surface area contributed by atoms with Crippen LogP contribution in [0.3, 0.4) is 0 Å². The van der Waals surface area contributed by atoms with Gasteiger partial charge in [0.1, 0.15) is 0 Å². The largest absolute Gasteiger partial charge is 0.383 e. The van der Waals surface area contributed by atoms with Crippen LogP contribution in [0.25, 0.3) is 11.0 Å². The molecule has 1 atom stereocenters. The van der Waals surface area contributed by atoms with Gasteiger partial charge in [0.25, 0.3) is 0 Å². The first-order chi connectivity index (χ1) is 11.2. The predicted molar refractivity (Wildman–Crippen MR) is 90.5 cm³/mol. The zero-order chi connectivity index (χ0) is 16.2. The maximum absolute atomic E-state index is 12.6. The Balaban J connectivity index is 1.69. The number of amides is 1. The maximum atomic E-state index is 12.6. The third kappa shape index (κ3) is 3.47. The van der Waals surface area contributed by atoms with Gasteiger partial charge in [0.05, 0.1) is 23.6 Å². The van der Waals surface area contributed by atoms with Crippen LogP contribution in [0.1, 0.15) is 12.8 Å². The Bertz CT molecular complexity index is 636. The molecule has 124 valence electrons. The van der Waals surface area contributed by atoms with Crippen LogP contribution in [0, 0.1) is 5.92 Å². The molecule has 2 aromatic rings. The first kappa shape index (κ1) is 15.8. The Kier molecular flexibility index (Phi) is 4.81. The minimum absolute atomic E-state index is 0.0267. The predicted octanol–water partition coefficient (Wildman–Crippen LogP) is 1.88. The Morgan fingerprint density at radius 3 is 3.09 bits per heavy atom. The highest BCUT2D eigenvalue weighted by molar-refractivity contribution is 5.80. The molecule has 23 heavy (non-hydrogen) atoms. The summed E-state index contributed by atoms with van der Waals surface area (Å²) in [4.78, 5) is 24.5. The number of methoxy groups -OCH3 is 1. The Labute approximate surface area is 136 Å². The van der Waals surface area contributed by atoms with Gasteiger partial charge in [-0.2, -0.15) is 0 Å². The Morgan fingerprint density at radius 1 is 1.48 bits per heavy atom. The van der Waals surface area contributed by atoms with Gasteiger partial charge in [-0.1, -0.05) is 12.1 Å². The fourth-order valence-corrected chi connectivity index (χ4v) is 3.11. The number of aromatic amines is 1. The molecule has 1 aromatic heterocycles. The van der Waals surface area contributed by atoms with E-state index in [0.717, 1.165) is 42.9 Å². The maximum Gasteiger partial charge on any atom is 0.227 e. The normalized spacial score (nSPS) is 18.3. The van der Waals surface area contributed by atoms with Gasteiger partial charge in [-0.3, -0.25) is 4.79 Å². The number of hydrogen-bond acceptors (Lipinski definition) is 4. The summed E-state index contributed by atoms with van der Waals surface area (Å²) < 4.78 is 5.05. The quantitative estimate of drug-likeness (QED) is 0.915. The molecule has 1 N–H and O–H groups in total. The highest BCUT2D eigenvalue weighted by atomic mass is 16.5. The highest BCUT2D eigenvalue weighted by Crippen LogP contribution is 2.24. The number of benzene rings is 1. The van der Waals surface area contributed by atoms with Gasteiger partial charge in [0, 0.05) is 33.8 Å². The minimum atomic E-state index is 0.0267. The van der Waals surface area contributed by atoms with Crippen molar-refractivity contribution >= 4 is 22.9 Å². The molecule has 6 heteroatoms. The van der Waals surface area contributed by atoms with E-state index in [1.54, 1.807) is 12.0 Å². The fraction of sp³-hybridized carbons (Fsp3) is 0.529. The zero-order valence-electron chi connectivity index (χ0n) is 13.8. The minimum Gasteiger partial charge on any atom is -0.383 e. The topological polar surface area (TPSA) is 61.5 Å². The third-order valence-corrected chi connectivity index (χ3v) is 4.45. The van der Waals surface area contributed by atoms with Gasteiger partial charge < -0.3 is 19.5 Å². The number of piperidine rings is 1. The van der Waals surface area contributed by atoms with Crippen molar-refractivity contribution in [2.24, 2.45) is 5.92 Å². The second-order valence-electron chi connectivity index (χ2n) is 6.12. The fourth-order valence-electron chi connectivity index (χ4n) is 3.11. The standard InChI is InChI=1S/C17H24N4O2/c1-20(10-11-23-2)16(22)13-6-5-9-21(12-13)17-18-14-7-3-4-8-15(14)19-17/h3-4,7-8,13H,5-6,9-12H2,1-2H3,(H,18,19)/t13-/m1/s1. The van der Waals surface area contributed by atoms with E-state index >= 15 is 0 Å². The average Bonchev–Trinajstić information content (AvgIpc) is 3.03. The lowest BCUT2D eigenvalue weighted by Crippen LogP contribution is -2.44. The number of aromatic nitrogens is 2. The monoisotopic (exact) mass is 316 g/mol. The number of rotatable bonds is 5. The first-order valence-corrected chi connectivity index (χ1v) is 8.12. The van der Waals surface area contributed by atoms with Crippen molar-refractivity contribution in [3.63, 3.8) is 0 Å². The van der Waals surface area contributed by atoms with E-state index < -0.39 is 0 Å². The van der Waals surface area contributed by atoms with Gasteiger partial charge in [-0.25, -0.2) is 4.98 Å². The molecular weight excluding hydrogens is 292 g/mol. The van der Waals surface area contributed by atoms with Gasteiger partial charge in [0.2, 0.25) is 11.9 Å². The summed E-state index contributed by atoms with van der Waals surface area (Å²) >= 11 is 0. The number of carbonyl (C=O) groups is 1. The lowest BCUT2D eigenvalue weighted by molar-refractivity contribution is -0.135. The van der Waals surface area contributed by atoms with E-state index in [1.165, 1.54) is 0 Å². The summed E-state index contributed by atoms with van der Waals surface area (Å²) in [6, 6.07) is 8.01. The van der Waals surface area contributed by atoms with Crippen LogP contribution in [-0.2, 0) is 9.53 Å². The Morgan fingerprint density at radius 2 is 2.30 bits per heavy atom. The summed E-state index contributed by atoms with van der Waals surface area (Å²) in [6.45, 7) is 2.86. The number of hydrogen-bond donors (Lipinski definition) is 1. The summed E-state index contributed by atoms with van der Waals surface area (Å²) in [5.41, 5.74) is 2.00. The van der Waals surface area contributed by atoms with E-state index in [9.17, 15) is 4.79 Å². The molecule has 6 nitrogen and oxygen atoms in total. The second kappa shape index (κ2) is 7.00. The molecule has 3 rings (SSSR count). The van der Waals surface area contributed by atoms with Crippen LogP contribution >= 0.6 is 0 Å². The molecule has 0 radical (unpaired) electrons. The number of nitrogens with one attached hydrogen (secondary N) is 1. The highest BCUT2D eigenvalue weighted by Gasteiger charge is 2.29. The summed E-state index contributed by atoms with van der Waals surface area (Å²) in [5, 5.41) is 0. The van der Waals surface area contributed by atoms with Crippen molar-refractivity contribution in [3.8, 4) is 0 Å². The molecule has 1 amide bonds. The number of fused-ring (bicyclic) bond motifs is 1. The molecule has 0 bridgehead atoms. The number of para-hydroxylation sites is 2. The second-order valence-corrected chi connectivity index (χ2v) is 6.12. The van der Waals surface area contributed by atoms with E-state index in [0.29, 0.717) is 13.2 Å². The molecule has 0 unspecified atom stereocenters. The van der Waals surface area contributed by atoms with E-state index in [2.05, 4.69) is 14.9 Å². The number of H-pyrrole nitrogens is 1. The molecule has 1 aliphatic heterocycles. The van der Waals surface area contributed by atoms with E-state index in [-0.39, 0.29) is 11.8 Å². The number of likely N-dealkylation sites (N-methyl/N-ethyl adjacent to an activating group) is 1. The number of carbonyl (C=O) groups excluding carboxylic acids is 1. The summed E-state index contributed by atoms with van der Waals surface area (Å²) in [5.74, 6) is 1.09. The van der Waals surface area contributed by atoms with Crippen LogP contribution < -0.4 is 4.90 Å². The molecular formula is C17H24N4O2. The van der Waals surface area contributed by atoms with Crippen molar-refractivity contribution in [3.05, 3.63) is 24.3 Å². The van der Waals surface area contributed by atoms with Gasteiger partial charge in [-0.15, -0.1) is 0 Å². The molecule has 0 aliphatic carbocycles. The average molecular weight is 316 g/mol. The van der Waals surface area contributed by atoms with Crippen molar-refractivity contribution in [2.45, 2.75) is 12.8 Å². The first-order valence-electron chi connectivity index (χ1n) is 8.12. The molecule has 0 saturated carbocycles. The van der Waals surface area contributed by atoms with Crippen molar-refractivity contribution in [1.82, 2.24) is 14.9 Å². The molecule has 0 spiro atoms. The van der Waals surface area contributed by atoms with Gasteiger partial charge >= 0.3 is 0 Å². The van der Waals surface area contributed by atoms with Gasteiger partial charge in [0.15, 0.2) is 0 Å². The lowest BCUT2D eigenvalue weighted by atomic mass is 9.97. The third-order valence-electron chi connectivity index (χ3n) is 4.45. The van der Waals surface area contributed by atoms with Gasteiger partial charge in [-0.05, 0) is 25.0 Å². The van der Waals surface area contributed by atoms with Crippen LogP contribution in [0.5, 0.6) is 0 Å².